The van der Waals surface area contributed by atoms with Crippen molar-refractivity contribution < 1.29 is 4.79 Å². The van der Waals surface area contributed by atoms with E-state index in [0.717, 1.165) is 18.5 Å². The number of hydrogen-bond donors (Lipinski definition) is 2. The van der Waals surface area contributed by atoms with Crippen molar-refractivity contribution in [1.82, 2.24) is 15.1 Å². The maximum absolute atomic E-state index is 12.3. The van der Waals surface area contributed by atoms with Crippen LogP contribution in [0.25, 0.3) is 5.69 Å². The molecular weight excluding hydrogens is 284 g/mol. The van der Waals surface area contributed by atoms with Crippen LogP contribution in [-0.4, -0.2) is 26.7 Å². The van der Waals surface area contributed by atoms with Gasteiger partial charge < -0.3 is 11.1 Å². The highest BCUT2D eigenvalue weighted by Crippen LogP contribution is 2.32. The molecule has 1 heterocycles. The minimum absolute atomic E-state index is 0.193. The van der Waals surface area contributed by atoms with E-state index in [0.29, 0.717) is 16.5 Å². The first-order valence-corrected chi connectivity index (χ1v) is 7.26. The van der Waals surface area contributed by atoms with E-state index < -0.39 is 0 Å². The van der Waals surface area contributed by atoms with Crippen molar-refractivity contribution >= 4 is 23.1 Å². The fourth-order valence-electron chi connectivity index (χ4n) is 2.24. The van der Waals surface area contributed by atoms with Crippen LogP contribution < -0.4 is 11.1 Å². The summed E-state index contributed by atoms with van der Waals surface area (Å²) in [6.45, 7) is 0. The van der Waals surface area contributed by atoms with Gasteiger partial charge in [0.05, 0.1) is 28.5 Å². The van der Waals surface area contributed by atoms with E-state index in [1.54, 1.807) is 17.1 Å². The molecule has 0 saturated heterocycles. The lowest BCUT2D eigenvalue weighted by Crippen LogP contribution is -2.44. The normalized spacial score (nSPS) is 15.4. The SMILES string of the molecule is NC(=S)C(NC(=O)c1cnn(-c2ccccc2)c1)C1CC1. The van der Waals surface area contributed by atoms with Crippen molar-refractivity contribution in [3.05, 3.63) is 48.3 Å². The zero-order chi connectivity index (χ0) is 14.8. The summed E-state index contributed by atoms with van der Waals surface area (Å²) in [5, 5.41) is 7.11. The second-order valence-corrected chi connectivity index (χ2v) is 5.67. The summed E-state index contributed by atoms with van der Waals surface area (Å²) in [6, 6.07) is 9.42. The quantitative estimate of drug-likeness (QED) is 0.824. The van der Waals surface area contributed by atoms with Crippen LogP contribution in [0.4, 0.5) is 0 Å². The predicted molar refractivity (Wildman–Crippen MR) is 84.3 cm³/mol. The molecule has 2 aromatic rings. The number of aromatic nitrogens is 2. The van der Waals surface area contributed by atoms with Gasteiger partial charge in [-0.15, -0.1) is 0 Å². The highest BCUT2D eigenvalue weighted by molar-refractivity contribution is 7.80. The summed E-state index contributed by atoms with van der Waals surface area (Å²) in [5.41, 5.74) is 7.10. The van der Waals surface area contributed by atoms with Crippen molar-refractivity contribution in [2.75, 3.05) is 0 Å². The average Bonchev–Trinajstić information content (AvgIpc) is 3.20. The molecule has 1 amide bonds. The number of para-hydroxylation sites is 1. The zero-order valence-corrected chi connectivity index (χ0v) is 12.2. The molecule has 1 aliphatic rings. The summed E-state index contributed by atoms with van der Waals surface area (Å²) < 4.78 is 1.67. The predicted octanol–water partition coefficient (Wildman–Crippen LogP) is 1.67. The topological polar surface area (TPSA) is 72.9 Å². The largest absolute Gasteiger partial charge is 0.392 e. The van der Waals surface area contributed by atoms with Crippen molar-refractivity contribution in [1.29, 1.82) is 0 Å². The molecule has 21 heavy (non-hydrogen) atoms. The lowest BCUT2D eigenvalue weighted by molar-refractivity contribution is 0.0944. The highest BCUT2D eigenvalue weighted by atomic mass is 32.1. The van der Waals surface area contributed by atoms with Crippen LogP contribution in [0.2, 0.25) is 0 Å². The number of benzene rings is 1. The third-order valence-corrected chi connectivity index (χ3v) is 3.81. The van der Waals surface area contributed by atoms with Gasteiger partial charge in [-0.3, -0.25) is 4.79 Å². The van der Waals surface area contributed by atoms with Gasteiger partial charge in [0.1, 0.15) is 0 Å². The maximum Gasteiger partial charge on any atom is 0.255 e. The molecule has 3 rings (SSSR count). The Balaban J connectivity index is 1.73. The first kappa shape index (κ1) is 13.8. The maximum atomic E-state index is 12.3. The van der Waals surface area contributed by atoms with Gasteiger partial charge in [0.15, 0.2) is 0 Å². The van der Waals surface area contributed by atoms with Crippen LogP contribution >= 0.6 is 12.2 Å². The van der Waals surface area contributed by atoms with E-state index in [4.69, 9.17) is 18.0 Å². The van der Waals surface area contributed by atoms with Crippen LogP contribution in [-0.2, 0) is 0 Å². The third-order valence-electron chi connectivity index (χ3n) is 3.55. The lowest BCUT2D eigenvalue weighted by atomic mass is 10.1. The summed E-state index contributed by atoms with van der Waals surface area (Å²) in [5.74, 6) is 0.192. The van der Waals surface area contributed by atoms with Crippen LogP contribution in [0.3, 0.4) is 0 Å². The summed E-state index contributed by atoms with van der Waals surface area (Å²) >= 11 is 5.03. The molecule has 1 saturated carbocycles. The Morgan fingerprint density at radius 3 is 2.71 bits per heavy atom. The Morgan fingerprint density at radius 1 is 1.38 bits per heavy atom. The first-order valence-electron chi connectivity index (χ1n) is 6.85. The van der Waals surface area contributed by atoms with Gasteiger partial charge in [-0.25, -0.2) is 4.68 Å². The number of carbonyl (C=O) groups is 1. The van der Waals surface area contributed by atoms with Crippen LogP contribution in [0.5, 0.6) is 0 Å². The number of nitrogens with two attached hydrogens (primary N) is 1. The number of hydrogen-bond acceptors (Lipinski definition) is 3. The molecule has 3 N–H and O–H groups in total. The molecule has 1 aromatic heterocycles. The molecular formula is C15H16N4OS. The van der Waals surface area contributed by atoms with Gasteiger partial charge in [-0.05, 0) is 30.9 Å². The molecule has 0 bridgehead atoms. The monoisotopic (exact) mass is 300 g/mol. The Labute approximate surface area is 128 Å². The molecule has 1 unspecified atom stereocenters. The fourth-order valence-corrected chi connectivity index (χ4v) is 2.49. The molecule has 108 valence electrons. The molecule has 6 heteroatoms. The minimum atomic E-state index is -0.215. The van der Waals surface area contributed by atoms with Crippen molar-refractivity contribution in [3.8, 4) is 5.69 Å². The number of rotatable bonds is 5. The van der Waals surface area contributed by atoms with Crippen LogP contribution in [0, 0.1) is 5.92 Å². The van der Waals surface area contributed by atoms with E-state index in [1.807, 2.05) is 30.3 Å². The van der Waals surface area contributed by atoms with Gasteiger partial charge in [-0.1, -0.05) is 30.4 Å². The minimum Gasteiger partial charge on any atom is -0.392 e. The Kier molecular flexibility index (Phi) is 3.70. The van der Waals surface area contributed by atoms with Crippen LogP contribution in [0.1, 0.15) is 23.2 Å². The molecule has 0 radical (unpaired) electrons. The standard InChI is InChI=1S/C15H16N4OS/c16-14(21)13(10-6-7-10)18-15(20)11-8-17-19(9-11)12-4-2-1-3-5-12/h1-5,8-10,13H,6-7H2,(H2,16,21)(H,18,20). The van der Waals surface area contributed by atoms with Crippen molar-refractivity contribution in [2.45, 2.75) is 18.9 Å². The first-order chi connectivity index (χ1) is 10.1. The van der Waals surface area contributed by atoms with E-state index in [1.165, 1.54) is 0 Å². The van der Waals surface area contributed by atoms with E-state index in [-0.39, 0.29) is 11.9 Å². The average molecular weight is 300 g/mol. The van der Waals surface area contributed by atoms with Gasteiger partial charge in [-0.2, -0.15) is 5.10 Å². The summed E-state index contributed by atoms with van der Waals surface area (Å²) in [7, 11) is 0. The number of carbonyl (C=O) groups excluding carboxylic acids is 1. The summed E-state index contributed by atoms with van der Waals surface area (Å²) in [6.07, 6.45) is 5.37. The van der Waals surface area contributed by atoms with Gasteiger partial charge in [0, 0.05) is 6.20 Å². The molecule has 1 aliphatic carbocycles. The molecule has 5 nitrogen and oxygen atoms in total. The number of thiocarbonyl (C=S) groups is 1. The third kappa shape index (κ3) is 3.11. The molecule has 1 atom stereocenters. The zero-order valence-electron chi connectivity index (χ0n) is 11.4. The molecule has 0 aliphatic heterocycles. The molecule has 1 aromatic carbocycles. The number of nitrogens with one attached hydrogen (secondary N) is 1. The molecule has 1 fully saturated rings. The highest BCUT2D eigenvalue weighted by Gasteiger charge is 2.34. The smallest absolute Gasteiger partial charge is 0.255 e. The Morgan fingerprint density at radius 2 is 2.10 bits per heavy atom. The van der Waals surface area contributed by atoms with E-state index in [9.17, 15) is 4.79 Å². The van der Waals surface area contributed by atoms with Gasteiger partial charge >= 0.3 is 0 Å². The number of nitrogens with zero attached hydrogens (tertiary/aromatic N) is 2. The van der Waals surface area contributed by atoms with Crippen molar-refractivity contribution in [2.24, 2.45) is 11.7 Å². The lowest BCUT2D eigenvalue weighted by Gasteiger charge is -2.15. The van der Waals surface area contributed by atoms with E-state index in [2.05, 4.69) is 10.4 Å². The van der Waals surface area contributed by atoms with Gasteiger partial charge in [0.25, 0.3) is 5.91 Å². The van der Waals surface area contributed by atoms with E-state index >= 15 is 0 Å². The number of amides is 1. The Bertz CT molecular complexity index is 663. The second kappa shape index (κ2) is 5.65. The van der Waals surface area contributed by atoms with Gasteiger partial charge in [0.2, 0.25) is 0 Å². The fraction of sp³-hybridized carbons (Fsp3) is 0.267. The Hall–Kier alpha value is -2.21. The summed E-state index contributed by atoms with van der Waals surface area (Å²) in [4.78, 5) is 12.6. The van der Waals surface area contributed by atoms with Crippen molar-refractivity contribution in [3.63, 3.8) is 0 Å². The molecule has 0 spiro atoms. The van der Waals surface area contributed by atoms with Crippen LogP contribution in [0.15, 0.2) is 42.7 Å². The second-order valence-electron chi connectivity index (χ2n) is 5.20.